The van der Waals surface area contributed by atoms with E-state index in [-0.39, 0.29) is 28.2 Å². The average Bonchev–Trinajstić information content (AvgIpc) is 3.17. The number of halogens is 1. The first kappa shape index (κ1) is 20.2. The highest BCUT2D eigenvalue weighted by molar-refractivity contribution is 7.89. The molecule has 0 radical (unpaired) electrons. The van der Waals surface area contributed by atoms with Crippen LogP contribution in [0.3, 0.4) is 0 Å². The largest absolute Gasteiger partial charge is 0.482 e. The zero-order valence-corrected chi connectivity index (χ0v) is 17.3. The first-order valence-electron chi connectivity index (χ1n) is 9.35. The van der Waals surface area contributed by atoms with E-state index >= 15 is 0 Å². The molecule has 0 bridgehead atoms. The summed E-state index contributed by atoms with van der Waals surface area (Å²) in [6, 6.07) is 12.1. The Morgan fingerprint density at radius 1 is 1.10 bits per heavy atom. The predicted molar refractivity (Wildman–Crippen MR) is 109 cm³/mol. The SMILES string of the molecule is O=C(COc1ccc(S(=O)(=O)N2CCOCC2)cc1Cl)N1CCc2ccccc21. The number of anilines is 1. The molecule has 1 amide bonds. The van der Waals surface area contributed by atoms with Crippen LogP contribution in [-0.4, -0.2) is 58.1 Å². The molecule has 2 aromatic rings. The van der Waals surface area contributed by atoms with Crippen molar-refractivity contribution in [3.63, 3.8) is 0 Å². The fourth-order valence-electron chi connectivity index (χ4n) is 3.51. The molecule has 0 N–H and O–H groups in total. The van der Waals surface area contributed by atoms with Crippen molar-refractivity contribution in [2.45, 2.75) is 11.3 Å². The van der Waals surface area contributed by atoms with E-state index in [1.165, 1.54) is 22.5 Å². The van der Waals surface area contributed by atoms with E-state index in [4.69, 9.17) is 21.1 Å². The third kappa shape index (κ3) is 4.11. The molecule has 2 aliphatic heterocycles. The molecule has 0 spiro atoms. The fourth-order valence-corrected chi connectivity index (χ4v) is 5.24. The number of morpholine rings is 1. The molecule has 0 unspecified atom stereocenters. The summed E-state index contributed by atoms with van der Waals surface area (Å²) in [5, 5.41) is 0.147. The smallest absolute Gasteiger partial charge is 0.264 e. The molecule has 0 aliphatic carbocycles. The van der Waals surface area contributed by atoms with Gasteiger partial charge in [-0.1, -0.05) is 29.8 Å². The predicted octanol–water partition coefficient (Wildman–Crippen LogP) is 2.33. The monoisotopic (exact) mass is 436 g/mol. The number of sulfonamides is 1. The Bertz CT molecular complexity index is 1020. The van der Waals surface area contributed by atoms with Gasteiger partial charge in [-0.3, -0.25) is 4.79 Å². The van der Waals surface area contributed by atoms with Crippen molar-refractivity contribution >= 4 is 33.2 Å². The number of carbonyl (C=O) groups excluding carboxylic acids is 1. The second kappa shape index (κ2) is 8.31. The molecule has 7 nitrogen and oxygen atoms in total. The van der Waals surface area contributed by atoms with Crippen molar-refractivity contribution in [3.05, 3.63) is 53.1 Å². The van der Waals surface area contributed by atoms with Gasteiger partial charge in [0, 0.05) is 25.3 Å². The maximum Gasteiger partial charge on any atom is 0.264 e. The summed E-state index contributed by atoms with van der Waals surface area (Å²) in [6.45, 7) is 1.80. The van der Waals surface area contributed by atoms with Gasteiger partial charge in [0.1, 0.15) is 5.75 Å². The van der Waals surface area contributed by atoms with Crippen LogP contribution in [0.5, 0.6) is 5.75 Å². The topological polar surface area (TPSA) is 76.2 Å². The summed E-state index contributed by atoms with van der Waals surface area (Å²) < 4.78 is 37.6. The molecule has 2 heterocycles. The van der Waals surface area contributed by atoms with Crippen LogP contribution < -0.4 is 9.64 Å². The highest BCUT2D eigenvalue weighted by Gasteiger charge is 2.28. The molecule has 154 valence electrons. The lowest BCUT2D eigenvalue weighted by Gasteiger charge is -2.26. The van der Waals surface area contributed by atoms with Crippen LogP contribution in [0.15, 0.2) is 47.4 Å². The maximum atomic E-state index is 12.7. The summed E-state index contributed by atoms with van der Waals surface area (Å²) in [5.74, 6) is 0.101. The number of ether oxygens (including phenoxy) is 2. The second-order valence-corrected chi connectivity index (χ2v) is 9.17. The van der Waals surface area contributed by atoms with Crippen molar-refractivity contribution < 1.29 is 22.7 Å². The van der Waals surface area contributed by atoms with Crippen LogP contribution in [0, 0.1) is 0 Å². The average molecular weight is 437 g/mol. The van der Waals surface area contributed by atoms with E-state index in [2.05, 4.69) is 0 Å². The quantitative estimate of drug-likeness (QED) is 0.719. The highest BCUT2D eigenvalue weighted by Crippen LogP contribution is 2.30. The van der Waals surface area contributed by atoms with Gasteiger partial charge < -0.3 is 14.4 Å². The first-order valence-corrected chi connectivity index (χ1v) is 11.2. The minimum atomic E-state index is -3.64. The third-order valence-electron chi connectivity index (χ3n) is 5.05. The second-order valence-electron chi connectivity index (χ2n) is 6.82. The highest BCUT2D eigenvalue weighted by atomic mass is 35.5. The minimum Gasteiger partial charge on any atom is -0.482 e. The maximum absolute atomic E-state index is 12.7. The van der Waals surface area contributed by atoms with Crippen molar-refractivity contribution in [3.8, 4) is 5.75 Å². The van der Waals surface area contributed by atoms with Crippen LogP contribution in [0.4, 0.5) is 5.69 Å². The molecule has 29 heavy (non-hydrogen) atoms. The molecule has 0 atom stereocenters. The van der Waals surface area contributed by atoms with Gasteiger partial charge in [0.15, 0.2) is 6.61 Å². The molecular formula is C20H21ClN2O5S. The van der Waals surface area contributed by atoms with E-state index in [9.17, 15) is 13.2 Å². The van der Waals surface area contributed by atoms with Crippen molar-refractivity contribution in [2.24, 2.45) is 0 Å². The number of hydrogen-bond acceptors (Lipinski definition) is 5. The summed E-state index contributed by atoms with van der Waals surface area (Å²) >= 11 is 6.24. The van der Waals surface area contributed by atoms with Gasteiger partial charge in [-0.05, 0) is 36.2 Å². The Morgan fingerprint density at radius 3 is 2.62 bits per heavy atom. The van der Waals surface area contributed by atoms with Gasteiger partial charge >= 0.3 is 0 Å². The summed E-state index contributed by atoms with van der Waals surface area (Å²) in [4.78, 5) is 14.4. The van der Waals surface area contributed by atoms with Gasteiger partial charge in [0.2, 0.25) is 10.0 Å². The van der Waals surface area contributed by atoms with Crippen molar-refractivity contribution in [2.75, 3.05) is 44.4 Å². The van der Waals surface area contributed by atoms with E-state index in [0.29, 0.717) is 32.8 Å². The van der Waals surface area contributed by atoms with Crippen LogP contribution in [0.2, 0.25) is 5.02 Å². The van der Waals surface area contributed by atoms with Crippen molar-refractivity contribution in [1.29, 1.82) is 0 Å². The lowest BCUT2D eigenvalue weighted by Crippen LogP contribution is -2.40. The van der Waals surface area contributed by atoms with E-state index in [1.807, 2.05) is 24.3 Å². The number of carbonyl (C=O) groups is 1. The standard InChI is InChI=1S/C20H21ClN2O5S/c21-17-13-16(29(25,26)22-9-11-27-12-10-22)5-6-19(17)28-14-20(24)23-8-7-15-3-1-2-4-18(15)23/h1-6,13H,7-12,14H2. The zero-order chi connectivity index (χ0) is 20.4. The normalized spacial score (nSPS) is 17.2. The number of fused-ring (bicyclic) bond motifs is 1. The number of hydrogen-bond donors (Lipinski definition) is 0. The van der Waals surface area contributed by atoms with E-state index < -0.39 is 10.0 Å². The molecule has 9 heteroatoms. The third-order valence-corrected chi connectivity index (χ3v) is 7.24. The molecule has 0 aromatic heterocycles. The van der Waals surface area contributed by atoms with Gasteiger partial charge in [0.25, 0.3) is 5.91 Å². The number of rotatable bonds is 5. The van der Waals surface area contributed by atoms with Crippen molar-refractivity contribution in [1.82, 2.24) is 4.31 Å². The lowest BCUT2D eigenvalue weighted by atomic mass is 10.2. The Labute approximate surface area is 174 Å². The molecule has 1 fully saturated rings. The molecule has 2 aliphatic rings. The van der Waals surface area contributed by atoms with E-state index in [1.54, 1.807) is 4.90 Å². The number of benzene rings is 2. The summed E-state index contributed by atoms with van der Waals surface area (Å²) in [7, 11) is -3.64. The number of para-hydroxylation sites is 1. The first-order chi connectivity index (χ1) is 14.0. The van der Waals surface area contributed by atoms with Gasteiger partial charge in [0.05, 0.1) is 23.1 Å². The molecule has 4 rings (SSSR count). The van der Waals surface area contributed by atoms with E-state index in [0.717, 1.165) is 17.7 Å². The number of amides is 1. The van der Waals surface area contributed by atoms with Gasteiger partial charge in [-0.15, -0.1) is 0 Å². The Balaban J connectivity index is 1.43. The van der Waals surface area contributed by atoms with Gasteiger partial charge in [-0.25, -0.2) is 8.42 Å². The van der Waals surface area contributed by atoms with Crippen LogP contribution in [-0.2, 0) is 26.0 Å². The lowest BCUT2D eigenvalue weighted by molar-refractivity contribution is -0.120. The van der Waals surface area contributed by atoms with Crippen LogP contribution in [0.25, 0.3) is 0 Å². The molecular weight excluding hydrogens is 416 g/mol. The Morgan fingerprint density at radius 2 is 1.86 bits per heavy atom. The number of nitrogens with zero attached hydrogens (tertiary/aromatic N) is 2. The Hall–Kier alpha value is -2.13. The molecule has 0 saturated carbocycles. The molecule has 1 saturated heterocycles. The van der Waals surface area contributed by atoms with Gasteiger partial charge in [-0.2, -0.15) is 4.31 Å². The Kier molecular flexibility index (Phi) is 5.78. The summed E-state index contributed by atoms with van der Waals surface area (Å²) in [5.41, 5.74) is 2.04. The molecule has 2 aromatic carbocycles. The summed E-state index contributed by atoms with van der Waals surface area (Å²) in [6.07, 6.45) is 0.816. The van der Waals surface area contributed by atoms with Crippen LogP contribution >= 0.6 is 11.6 Å². The fraction of sp³-hybridized carbons (Fsp3) is 0.350. The zero-order valence-electron chi connectivity index (χ0n) is 15.7. The minimum absolute atomic E-state index is 0.0940. The van der Waals surface area contributed by atoms with Crippen LogP contribution in [0.1, 0.15) is 5.56 Å².